The summed E-state index contributed by atoms with van der Waals surface area (Å²) in [5.74, 6) is 0.497. The Labute approximate surface area is 194 Å². The van der Waals surface area contributed by atoms with Crippen LogP contribution in [0.15, 0.2) is 29.2 Å². The van der Waals surface area contributed by atoms with Crippen molar-refractivity contribution in [3.05, 3.63) is 29.8 Å². The number of rotatable bonds is 7. The molecular weight excluding hydrogens is 455 g/mol. The van der Waals surface area contributed by atoms with E-state index in [2.05, 4.69) is 19.2 Å². The number of nitrogens with one attached hydrogen (secondary N) is 1. The zero-order chi connectivity index (χ0) is 24.6. The van der Waals surface area contributed by atoms with Crippen molar-refractivity contribution in [1.82, 2.24) is 14.5 Å². The third-order valence-corrected chi connectivity index (χ3v) is 9.12. The van der Waals surface area contributed by atoms with E-state index < -0.39 is 27.4 Å². The van der Waals surface area contributed by atoms with Gasteiger partial charge in [0.1, 0.15) is 0 Å². The van der Waals surface area contributed by atoms with Crippen LogP contribution in [0.5, 0.6) is 0 Å². The van der Waals surface area contributed by atoms with Crippen molar-refractivity contribution < 1.29 is 26.4 Å². The van der Waals surface area contributed by atoms with Gasteiger partial charge in [0, 0.05) is 19.6 Å². The van der Waals surface area contributed by atoms with E-state index in [1.807, 2.05) is 18.7 Å². The van der Waals surface area contributed by atoms with E-state index in [0.29, 0.717) is 31.4 Å². The summed E-state index contributed by atoms with van der Waals surface area (Å²) in [7, 11) is -4.08. The second kappa shape index (κ2) is 9.54. The number of hydrogen-bond acceptors (Lipinski definition) is 4. The highest BCUT2D eigenvalue weighted by Gasteiger charge is 2.53. The third-order valence-electron chi connectivity index (χ3n) is 7.23. The minimum absolute atomic E-state index is 0.0545. The summed E-state index contributed by atoms with van der Waals surface area (Å²) in [6, 6.07) is 3.54. The van der Waals surface area contributed by atoms with Gasteiger partial charge in [0.25, 0.3) is 0 Å². The van der Waals surface area contributed by atoms with Crippen LogP contribution >= 0.6 is 0 Å². The molecule has 0 aromatic heterocycles. The highest BCUT2D eigenvalue weighted by atomic mass is 32.2. The number of nitrogens with zero attached hydrogens (tertiary/aromatic N) is 2. The Morgan fingerprint density at radius 2 is 1.79 bits per heavy atom. The van der Waals surface area contributed by atoms with Crippen LogP contribution in [-0.2, 0) is 21.0 Å². The lowest BCUT2D eigenvalue weighted by atomic mass is 9.95. The van der Waals surface area contributed by atoms with E-state index in [9.17, 15) is 26.4 Å². The molecule has 3 rings (SSSR count). The van der Waals surface area contributed by atoms with Crippen LogP contribution in [-0.4, -0.2) is 54.9 Å². The number of carbonyl (C=O) groups is 1. The second-order valence-corrected chi connectivity index (χ2v) is 11.4. The molecule has 1 amide bonds. The van der Waals surface area contributed by atoms with Gasteiger partial charge >= 0.3 is 6.18 Å². The minimum Gasteiger partial charge on any atom is -0.323 e. The predicted octanol–water partition coefficient (Wildman–Crippen LogP) is 4.08. The van der Waals surface area contributed by atoms with E-state index in [0.717, 1.165) is 25.0 Å². The van der Waals surface area contributed by atoms with Crippen LogP contribution in [0.1, 0.15) is 58.9 Å². The molecule has 10 heteroatoms. The number of hydrogen-bond donors (Lipinski definition) is 1. The van der Waals surface area contributed by atoms with Crippen LogP contribution < -0.4 is 5.32 Å². The quantitative estimate of drug-likeness (QED) is 0.627. The number of sulfonamides is 1. The monoisotopic (exact) mass is 489 g/mol. The molecule has 186 valence electrons. The van der Waals surface area contributed by atoms with Gasteiger partial charge in [0.2, 0.25) is 15.9 Å². The molecule has 3 atom stereocenters. The SMILES string of the molecule is CC[C@H](C)CN1C(=O)[C@H]([C@@H](C)CC)NC12CCN(S(=O)(=O)c1cccc(C(F)(F)F)c1)CC2. The maximum absolute atomic E-state index is 13.3. The number of amides is 1. The van der Waals surface area contributed by atoms with Crippen molar-refractivity contribution in [1.29, 1.82) is 0 Å². The van der Waals surface area contributed by atoms with Gasteiger partial charge in [-0.25, -0.2) is 8.42 Å². The van der Waals surface area contributed by atoms with Gasteiger partial charge in [-0.3, -0.25) is 10.1 Å². The first-order valence-electron chi connectivity index (χ1n) is 11.6. The highest BCUT2D eigenvalue weighted by molar-refractivity contribution is 7.89. The standard InChI is InChI=1S/C23H34F3N3O3S/c1-5-16(3)15-29-21(30)20(17(4)6-2)27-22(29)10-12-28(13-11-22)33(31,32)19-9-7-8-18(14-19)23(24,25)26/h7-9,14,16-17,20,27H,5-6,10-13,15H2,1-4H3/t16-,17-,20-/m0/s1. The molecule has 0 aliphatic carbocycles. The molecule has 2 fully saturated rings. The van der Waals surface area contributed by atoms with E-state index in [1.54, 1.807) is 0 Å². The fraction of sp³-hybridized carbons (Fsp3) is 0.696. The fourth-order valence-corrected chi connectivity index (χ4v) is 6.12. The van der Waals surface area contributed by atoms with E-state index >= 15 is 0 Å². The van der Waals surface area contributed by atoms with Crippen molar-refractivity contribution in [2.45, 2.75) is 76.2 Å². The van der Waals surface area contributed by atoms with Gasteiger partial charge in [-0.15, -0.1) is 0 Å². The maximum atomic E-state index is 13.3. The van der Waals surface area contributed by atoms with Crippen molar-refractivity contribution in [2.75, 3.05) is 19.6 Å². The predicted molar refractivity (Wildman–Crippen MR) is 120 cm³/mol. The fourth-order valence-electron chi connectivity index (χ4n) is 4.63. The molecule has 6 nitrogen and oxygen atoms in total. The number of piperidine rings is 1. The Balaban J connectivity index is 1.83. The van der Waals surface area contributed by atoms with Gasteiger partial charge in [-0.2, -0.15) is 17.5 Å². The summed E-state index contributed by atoms with van der Waals surface area (Å²) >= 11 is 0. The molecule has 2 aliphatic heterocycles. The molecule has 0 bridgehead atoms. The van der Waals surface area contributed by atoms with Gasteiger partial charge in [-0.1, -0.05) is 46.6 Å². The normalized spacial score (nSPS) is 23.8. The molecule has 0 unspecified atom stereocenters. The lowest BCUT2D eigenvalue weighted by molar-refractivity contribution is -0.137. The minimum atomic E-state index is -4.62. The first-order valence-corrected chi connectivity index (χ1v) is 13.1. The number of carbonyl (C=O) groups excluding carboxylic acids is 1. The topological polar surface area (TPSA) is 69.7 Å². The zero-order valence-electron chi connectivity index (χ0n) is 19.7. The van der Waals surface area contributed by atoms with E-state index in [-0.39, 0.29) is 35.9 Å². The molecule has 1 aromatic rings. The zero-order valence-corrected chi connectivity index (χ0v) is 20.5. The Hall–Kier alpha value is -1.65. The van der Waals surface area contributed by atoms with Gasteiger partial charge in [0.15, 0.2) is 0 Å². The molecule has 1 N–H and O–H groups in total. The summed E-state index contributed by atoms with van der Waals surface area (Å²) in [6.07, 6.45) is -2.08. The molecular formula is C23H34F3N3O3S. The Morgan fingerprint density at radius 1 is 1.15 bits per heavy atom. The molecule has 33 heavy (non-hydrogen) atoms. The second-order valence-electron chi connectivity index (χ2n) is 9.43. The third kappa shape index (κ3) is 5.07. The number of alkyl halides is 3. The first-order chi connectivity index (χ1) is 15.4. The largest absolute Gasteiger partial charge is 0.416 e. The lowest BCUT2D eigenvalue weighted by Crippen LogP contribution is -2.60. The van der Waals surface area contributed by atoms with Crippen molar-refractivity contribution in [3.63, 3.8) is 0 Å². The molecule has 1 aromatic carbocycles. The summed E-state index contributed by atoms with van der Waals surface area (Å²) in [4.78, 5) is 14.8. The van der Waals surface area contributed by atoms with Crippen LogP contribution in [0.3, 0.4) is 0 Å². The average molecular weight is 490 g/mol. The van der Waals surface area contributed by atoms with Crippen molar-refractivity contribution >= 4 is 15.9 Å². The first kappa shape index (κ1) is 26.0. The maximum Gasteiger partial charge on any atom is 0.416 e. The molecule has 2 saturated heterocycles. The summed E-state index contributed by atoms with van der Waals surface area (Å²) in [6.45, 7) is 9.07. The molecule has 2 heterocycles. The van der Waals surface area contributed by atoms with Crippen LogP contribution in [0.4, 0.5) is 13.2 Å². The molecule has 0 saturated carbocycles. The van der Waals surface area contributed by atoms with Gasteiger partial charge in [-0.05, 0) is 42.9 Å². The van der Waals surface area contributed by atoms with Crippen molar-refractivity contribution in [3.8, 4) is 0 Å². The summed E-state index contributed by atoms with van der Waals surface area (Å²) in [5.41, 5.74) is -1.62. The van der Waals surface area contributed by atoms with Crippen LogP contribution in [0.25, 0.3) is 0 Å². The molecule has 2 aliphatic rings. The van der Waals surface area contributed by atoms with Crippen LogP contribution in [0, 0.1) is 11.8 Å². The Kier molecular flexibility index (Phi) is 7.51. The number of benzene rings is 1. The molecule has 1 spiro atoms. The lowest BCUT2D eigenvalue weighted by Gasteiger charge is -2.45. The van der Waals surface area contributed by atoms with Crippen LogP contribution in [0.2, 0.25) is 0 Å². The Morgan fingerprint density at radius 3 is 2.33 bits per heavy atom. The van der Waals surface area contributed by atoms with Gasteiger partial charge < -0.3 is 4.90 Å². The smallest absolute Gasteiger partial charge is 0.323 e. The van der Waals surface area contributed by atoms with Crippen molar-refractivity contribution in [2.24, 2.45) is 11.8 Å². The summed E-state index contributed by atoms with van der Waals surface area (Å²) in [5, 5.41) is 3.53. The Bertz CT molecular complexity index is 959. The molecule has 0 radical (unpaired) electrons. The average Bonchev–Trinajstić information content (AvgIpc) is 3.04. The van der Waals surface area contributed by atoms with Gasteiger partial charge in [0.05, 0.1) is 22.2 Å². The number of halogens is 3. The highest BCUT2D eigenvalue weighted by Crippen LogP contribution is 2.37. The van der Waals surface area contributed by atoms with E-state index in [4.69, 9.17) is 0 Å². The summed E-state index contributed by atoms with van der Waals surface area (Å²) < 4.78 is 66.7. The van der Waals surface area contributed by atoms with E-state index in [1.165, 1.54) is 10.4 Å².